The van der Waals surface area contributed by atoms with Crippen LogP contribution in [-0.2, 0) is 11.2 Å². The first-order valence-electron chi connectivity index (χ1n) is 2.47. The van der Waals surface area contributed by atoms with E-state index in [0.29, 0.717) is 10.7 Å². The Labute approximate surface area is 71.9 Å². The van der Waals surface area contributed by atoms with Gasteiger partial charge in [-0.05, 0) is 23.1 Å². The predicted octanol–water partition coefficient (Wildman–Crippen LogP) is 2.10. The zero-order valence-corrected chi connectivity index (χ0v) is 7.13. The molecule has 1 heterocycles. The molecule has 0 spiro atoms. The highest BCUT2D eigenvalue weighted by atomic mass is 35.5. The van der Waals surface area contributed by atoms with Crippen molar-refractivity contribution in [2.45, 2.75) is 6.42 Å². The first-order valence-corrected chi connectivity index (χ1v) is 4.06. The van der Waals surface area contributed by atoms with E-state index >= 15 is 0 Å². The summed E-state index contributed by atoms with van der Waals surface area (Å²) in [5.41, 5.74) is 0.701. The second-order valence-electron chi connectivity index (χ2n) is 1.66. The number of hydrogen-bond donors (Lipinski definition) is 0. The van der Waals surface area contributed by atoms with E-state index in [1.54, 1.807) is 5.38 Å². The van der Waals surface area contributed by atoms with Gasteiger partial charge in [0, 0.05) is 10.9 Å². The van der Waals surface area contributed by atoms with Gasteiger partial charge in [-0.25, -0.2) is 0 Å². The SMILES string of the molecule is O=C(Cl)Cc1csnc1Cl. The Kier molecular flexibility index (Phi) is 2.65. The van der Waals surface area contributed by atoms with Gasteiger partial charge in [0.25, 0.3) is 0 Å². The zero-order valence-electron chi connectivity index (χ0n) is 4.80. The molecule has 0 aromatic carbocycles. The molecule has 1 rings (SSSR count). The standard InChI is InChI=1S/C5H3Cl2NOS/c6-4(9)1-3-2-10-8-5(3)7/h2H,1H2. The summed E-state index contributed by atoms with van der Waals surface area (Å²) in [6.45, 7) is 0. The number of carbonyl (C=O) groups is 1. The lowest BCUT2D eigenvalue weighted by molar-refractivity contribution is -0.111. The molecule has 0 saturated carbocycles. The van der Waals surface area contributed by atoms with Crippen LogP contribution in [0.4, 0.5) is 0 Å². The molecule has 1 aromatic rings. The molecule has 0 aliphatic rings. The van der Waals surface area contributed by atoms with Crippen molar-refractivity contribution in [3.63, 3.8) is 0 Å². The highest BCUT2D eigenvalue weighted by Gasteiger charge is 2.05. The molecule has 0 N–H and O–H groups in total. The minimum Gasteiger partial charge on any atom is -0.281 e. The first kappa shape index (κ1) is 7.98. The van der Waals surface area contributed by atoms with Gasteiger partial charge < -0.3 is 0 Å². The van der Waals surface area contributed by atoms with E-state index in [1.807, 2.05) is 0 Å². The fourth-order valence-corrected chi connectivity index (χ4v) is 1.54. The van der Waals surface area contributed by atoms with Crippen LogP contribution in [0.3, 0.4) is 0 Å². The third-order valence-corrected chi connectivity index (χ3v) is 2.16. The van der Waals surface area contributed by atoms with Gasteiger partial charge in [0.15, 0.2) is 0 Å². The molecule has 0 fully saturated rings. The van der Waals surface area contributed by atoms with Gasteiger partial charge in [0.1, 0.15) is 5.15 Å². The molecule has 0 saturated heterocycles. The van der Waals surface area contributed by atoms with Gasteiger partial charge in [-0.3, -0.25) is 4.79 Å². The summed E-state index contributed by atoms with van der Waals surface area (Å²) in [6.07, 6.45) is 0.164. The van der Waals surface area contributed by atoms with Crippen LogP contribution in [-0.4, -0.2) is 9.62 Å². The largest absolute Gasteiger partial charge is 0.281 e. The van der Waals surface area contributed by atoms with Crippen molar-refractivity contribution in [3.05, 3.63) is 16.1 Å². The summed E-state index contributed by atoms with van der Waals surface area (Å²) in [4.78, 5) is 10.3. The maximum atomic E-state index is 10.3. The van der Waals surface area contributed by atoms with Crippen molar-refractivity contribution >= 4 is 40.0 Å². The molecular formula is C5H3Cl2NOS. The molecular weight excluding hydrogens is 193 g/mol. The van der Waals surface area contributed by atoms with Crippen molar-refractivity contribution in [2.24, 2.45) is 0 Å². The van der Waals surface area contributed by atoms with Crippen LogP contribution in [0, 0.1) is 0 Å². The average Bonchev–Trinajstić information content (AvgIpc) is 2.15. The zero-order chi connectivity index (χ0) is 7.56. The van der Waals surface area contributed by atoms with Crippen molar-refractivity contribution < 1.29 is 4.79 Å². The molecule has 10 heavy (non-hydrogen) atoms. The number of hydrogen-bond acceptors (Lipinski definition) is 3. The Hall–Kier alpha value is -0.120. The van der Waals surface area contributed by atoms with Crippen molar-refractivity contribution in [1.29, 1.82) is 0 Å². The summed E-state index contributed by atoms with van der Waals surface area (Å²) in [5.74, 6) is 0. The summed E-state index contributed by atoms with van der Waals surface area (Å²) in [7, 11) is 0. The van der Waals surface area contributed by atoms with Crippen LogP contribution >= 0.6 is 34.7 Å². The monoisotopic (exact) mass is 195 g/mol. The summed E-state index contributed by atoms with van der Waals surface area (Å²) in [6, 6.07) is 0. The van der Waals surface area contributed by atoms with Gasteiger partial charge in [-0.1, -0.05) is 11.6 Å². The van der Waals surface area contributed by atoms with Gasteiger partial charge in [-0.2, -0.15) is 4.37 Å². The van der Waals surface area contributed by atoms with Crippen LogP contribution in [0.25, 0.3) is 0 Å². The minimum atomic E-state index is -0.415. The van der Waals surface area contributed by atoms with E-state index in [0.717, 1.165) is 0 Å². The molecule has 0 aliphatic carbocycles. The summed E-state index contributed by atoms with van der Waals surface area (Å²) in [5, 5.41) is 1.67. The quantitative estimate of drug-likeness (QED) is 0.678. The number of carbonyl (C=O) groups excluding carboxylic acids is 1. The van der Waals surface area contributed by atoms with Crippen LogP contribution in [0.15, 0.2) is 5.38 Å². The first-order chi connectivity index (χ1) is 4.70. The van der Waals surface area contributed by atoms with Crippen LogP contribution < -0.4 is 0 Å². The molecule has 0 atom stereocenters. The van der Waals surface area contributed by atoms with Crippen LogP contribution in [0.5, 0.6) is 0 Å². The van der Waals surface area contributed by atoms with E-state index in [9.17, 15) is 4.79 Å². The fraction of sp³-hybridized carbons (Fsp3) is 0.200. The third kappa shape index (κ3) is 1.94. The Balaban J connectivity index is 2.74. The molecule has 2 nitrogen and oxygen atoms in total. The maximum Gasteiger partial charge on any atom is 0.226 e. The van der Waals surface area contributed by atoms with Crippen LogP contribution in [0.1, 0.15) is 5.56 Å². The second-order valence-corrected chi connectivity index (χ2v) is 3.07. The van der Waals surface area contributed by atoms with Crippen LogP contribution in [0.2, 0.25) is 5.15 Å². The lowest BCUT2D eigenvalue weighted by atomic mass is 10.3. The highest BCUT2D eigenvalue weighted by molar-refractivity contribution is 7.04. The van der Waals surface area contributed by atoms with Gasteiger partial charge in [0.2, 0.25) is 5.24 Å². The Morgan fingerprint density at radius 2 is 2.50 bits per heavy atom. The molecule has 54 valence electrons. The average molecular weight is 196 g/mol. The fourth-order valence-electron chi connectivity index (χ4n) is 0.508. The van der Waals surface area contributed by atoms with E-state index in [4.69, 9.17) is 23.2 Å². The van der Waals surface area contributed by atoms with Crippen molar-refractivity contribution in [2.75, 3.05) is 0 Å². The number of aromatic nitrogens is 1. The molecule has 0 amide bonds. The lowest BCUT2D eigenvalue weighted by Gasteiger charge is -1.87. The Bertz CT molecular complexity index is 248. The number of rotatable bonds is 2. The maximum absolute atomic E-state index is 10.3. The van der Waals surface area contributed by atoms with Crippen molar-refractivity contribution in [3.8, 4) is 0 Å². The Morgan fingerprint density at radius 1 is 1.80 bits per heavy atom. The lowest BCUT2D eigenvalue weighted by Crippen LogP contribution is -1.91. The smallest absolute Gasteiger partial charge is 0.226 e. The number of halogens is 2. The van der Waals surface area contributed by atoms with E-state index in [-0.39, 0.29) is 6.42 Å². The summed E-state index contributed by atoms with van der Waals surface area (Å²) < 4.78 is 3.77. The van der Waals surface area contributed by atoms with E-state index in [2.05, 4.69) is 4.37 Å². The second kappa shape index (κ2) is 3.32. The third-order valence-electron chi connectivity index (χ3n) is 0.922. The van der Waals surface area contributed by atoms with Gasteiger partial charge in [0.05, 0.1) is 6.42 Å². The number of nitrogens with zero attached hydrogens (tertiary/aromatic N) is 1. The van der Waals surface area contributed by atoms with Gasteiger partial charge in [-0.15, -0.1) is 0 Å². The Morgan fingerprint density at radius 3 is 2.90 bits per heavy atom. The molecule has 5 heteroatoms. The normalized spacial score (nSPS) is 9.80. The predicted molar refractivity (Wildman–Crippen MR) is 41.7 cm³/mol. The summed E-state index contributed by atoms with van der Waals surface area (Å²) >= 11 is 11.9. The van der Waals surface area contributed by atoms with E-state index in [1.165, 1.54) is 11.5 Å². The van der Waals surface area contributed by atoms with E-state index < -0.39 is 5.24 Å². The highest BCUT2D eigenvalue weighted by Crippen LogP contribution is 2.17. The molecule has 1 aromatic heterocycles. The topological polar surface area (TPSA) is 30.0 Å². The van der Waals surface area contributed by atoms with Crippen molar-refractivity contribution in [1.82, 2.24) is 4.37 Å². The molecule has 0 radical (unpaired) electrons. The molecule has 0 bridgehead atoms. The molecule has 0 unspecified atom stereocenters. The minimum absolute atomic E-state index is 0.164. The molecule has 0 aliphatic heterocycles. The van der Waals surface area contributed by atoms with Gasteiger partial charge >= 0.3 is 0 Å².